The lowest BCUT2D eigenvalue weighted by molar-refractivity contribution is 0.0957. The molecule has 19 heavy (non-hydrogen) atoms. The average Bonchev–Trinajstić information content (AvgIpc) is 2.89. The lowest BCUT2D eigenvalue weighted by Gasteiger charge is -2.04. The summed E-state index contributed by atoms with van der Waals surface area (Å²) in [6.07, 6.45) is 1.49. The molecule has 0 aliphatic rings. The third kappa shape index (κ3) is 3.75. The molecular formula is C13H14ClN3OS. The summed E-state index contributed by atoms with van der Waals surface area (Å²) in [6, 6.07) is 7.61. The van der Waals surface area contributed by atoms with Gasteiger partial charge in [0.2, 0.25) is 0 Å². The van der Waals surface area contributed by atoms with E-state index in [-0.39, 0.29) is 5.91 Å². The van der Waals surface area contributed by atoms with Crippen LogP contribution in [0.5, 0.6) is 0 Å². The van der Waals surface area contributed by atoms with Crippen molar-refractivity contribution >= 4 is 29.0 Å². The number of carbonyl (C=O) groups is 1. The smallest absolute Gasteiger partial charge is 0.264 e. The monoisotopic (exact) mass is 295 g/mol. The number of aryl methyl sites for hydroxylation is 1. The Hall–Kier alpha value is -1.46. The highest BCUT2D eigenvalue weighted by Crippen LogP contribution is 2.11. The van der Waals surface area contributed by atoms with E-state index < -0.39 is 0 Å². The molecule has 0 saturated carbocycles. The van der Waals surface area contributed by atoms with Gasteiger partial charge >= 0.3 is 0 Å². The van der Waals surface area contributed by atoms with E-state index in [0.29, 0.717) is 11.4 Å². The number of benzene rings is 1. The molecule has 2 aromatic rings. The normalized spacial score (nSPS) is 10.4. The SMILES string of the molecule is CCc1nnsc1C(=O)NCCc1ccc(Cl)cc1. The second kappa shape index (κ2) is 6.63. The highest BCUT2D eigenvalue weighted by atomic mass is 35.5. The van der Waals surface area contributed by atoms with Crippen LogP contribution in [0.3, 0.4) is 0 Å². The van der Waals surface area contributed by atoms with E-state index in [1.54, 1.807) is 0 Å². The lowest BCUT2D eigenvalue weighted by atomic mass is 10.1. The molecule has 0 aliphatic heterocycles. The van der Waals surface area contributed by atoms with Crippen molar-refractivity contribution in [3.63, 3.8) is 0 Å². The molecule has 0 radical (unpaired) electrons. The van der Waals surface area contributed by atoms with Gasteiger partial charge in [0.05, 0.1) is 5.69 Å². The van der Waals surface area contributed by atoms with Crippen molar-refractivity contribution in [3.8, 4) is 0 Å². The van der Waals surface area contributed by atoms with Crippen LogP contribution < -0.4 is 5.32 Å². The minimum absolute atomic E-state index is 0.0965. The number of rotatable bonds is 5. The predicted molar refractivity (Wildman–Crippen MR) is 76.8 cm³/mol. The number of carbonyl (C=O) groups excluding carboxylic acids is 1. The van der Waals surface area contributed by atoms with Gasteiger partial charge < -0.3 is 5.32 Å². The summed E-state index contributed by atoms with van der Waals surface area (Å²) < 4.78 is 3.81. The van der Waals surface area contributed by atoms with Crippen LogP contribution in [-0.4, -0.2) is 22.0 Å². The van der Waals surface area contributed by atoms with E-state index in [1.807, 2.05) is 31.2 Å². The number of hydrogen-bond donors (Lipinski definition) is 1. The standard InChI is InChI=1S/C13H14ClN3OS/c1-2-11-12(19-17-16-11)13(18)15-8-7-9-3-5-10(14)6-4-9/h3-6H,2,7-8H2,1H3,(H,15,18). The summed E-state index contributed by atoms with van der Waals surface area (Å²) in [6.45, 7) is 2.54. The molecule has 0 saturated heterocycles. The van der Waals surface area contributed by atoms with Gasteiger partial charge in [-0.15, -0.1) is 5.10 Å². The number of aromatic nitrogens is 2. The van der Waals surface area contributed by atoms with Crippen LogP contribution in [0.2, 0.25) is 5.02 Å². The first-order chi connectivity index (χ1) is 9.20. The predicted octanol–water partition coefficient (Wildman–Crippen LogP) is 2.73. The van der Waals surface area contributed by atoms with Crippen LogP contribution in [0.15, 0.2) is 24.3 Å². The van der Waals surface area contributed by atoms with Crippen LogP contribution in [0, 0.1) is 0 Å². The fourth-order valence-corrected chi connectivity index (χ4v) is 2.46. The van der Waals surface area contributed by atoms with E-state index in [9.17, 15) is 4.79 Å². The van der Waals surface area contributed by atoms with Crippen LogP contribution in [0.25, 0.3) is 0 Å². The Morgan fingerprint density at radius 1 is 1.37 bits per heavy atom. The minimum Gasteiger partial charge on any atom is -0.351 e. The molecule has 0 unspecified atom stereocenters. The molecular weight excluding hydrogens is 282 g/mol. The zero-order valence-electron chi connectivity index (χ0n) is 10.5. The number of nitrogens with zero attached hydrogens (tertiary/aromatic N) is 2. The van der Waals surface area contributed by atoms with Crippen molar-refractivity contribution in [1.29, 1.82) is 0 Å². The van der Waals surface area contributed by atoms with Gasteiger partial charge in [0.1, 0.15) is 4.88 Å². The van der Waals surface area contributed by atoms with E-state index in [4.69, 9.17) is 11.6 Å². The first kappa shape index (κ1) is 14.0. The molecule has 1 heterocycles. The lowest BCUT2D eigenvalue weighted by Crippen LogP contribution is -2.25. The maximum atomic E-state index is 11.9. The average molecular weight is 296 g/mol. The third-order valence-corrected chi connectivity index (χ3v) is 3.73. The van der Waals surface area contributed by atoms with Gasteiger partial charge in [-0.2, -0.15) is 0 Å². The number of hydrogen-bond acceptors (Lipinski definition) is 4. The number of nitrogens with one attached hydrogen (secondary N) is 1. The molecule has 2 rings (SSSR count). The second-order valence-corrected chi connectivity index (χ2v) is 5.23. The first-order valence-electron chi connectivity index (χ1n) is 6.04. The van der Waals surface area contributed by atoms with Gasteiger partial charge in [-0.05, 0) is 42.1 Å². The fraction of sp³-hybridized carbons (Fsp3) is 0.308. The summed E-state index contributed by atoms with van der Waals surface area (Å²) in [7, 11) is 0. The van der Waals surface area contributed by atoms with Crippen molar-refractivity contribution in [2.24, 2.45) is 0 Å². The van der Waals surface area contributed by atoms with Crippen LogP contribution in [0.1, 0.15) is 27.9 Å². The fourth-order valence-electron chi connectivity index (χ4n) is 1.66. The highest BCUT2D eigenvalue weighted by Gasteiger charge is 2.13. The highest BCUT2D eigenvalue weighted by molar-refractivity contribution is 7.08. The molecule has 1 aromatic heterocycles. The quantitative estimate of drug-likeness (QED) is 0.923. The molecule has 100 valence electrons. The summed E-state index contributed by atoms with van der Waals surface area (Å²) in [4.78, 5) is 12.5. The Morgan fingerprint density at radius 3 is 2.79 bits per heavy atom. The molecule has 0 spiro atoms. The molecule has 6 heteroatoms. The first-order valence-corrected chi connectivity index (χ1v) is 7.19. The van der Waals surface area contributed by atoms with E-state index in [1.165, 1.54) is 0 Å². The van der Waals surface area contributed by atoms with Crippen molar-refractivity contribution in [3.05, 3.63) is 45.4 Å². The Kier molecular flexibility index (Phi) is 4.87. The van der Waals surface area contributed by atoms with Gasteiger partial charge in [-0.1, -0.05) is 35.1 Å². The topological polar surface area (TPSA) is 54.9 Å². The van der Waals surface area contributed by atoms with E-state index in [2.05, 4.69) is 14.9 Å². The van der Waals surface area contributed by atoms with Gasteiger partial charge in [0, 0.05) is 11.6 Å². The Morgan fingerprint density at radius 2 is 2.11 bits per heavy atom. The van der Waals surface area contributed by atoms with Crippen molar-refractivity contribution in [2.75, 3.05) is 6.54 Å². The largest absolute Gasteiger partial charge is 0.351 e. The van der Waals surface area contributed by atoms with Crippen LogP contribution in [-0.2, 0) is 12.8 Å². The second-order valence-electron chi connectivity index (χ2n) is 4.03. The molecule has 0 aliphatic carbocycles. The maximum absolute atomic E-state index is 11.9. The summed E-state index contributed by atoms with van der Waals surface area (Å²) >= 11 is 6.95. The van der Waals surface area contributed by atoms with E-state index in [0.717, 1.165) is 40.7 Å². The molecule has 1 aromatic carbocycles. The zero-order valence-corrected chi connectivity index (χ0v) is 12.1. The molecule has 0 atom stereocenters. The Bertz CT molecular complexity index is 553. The van der Waals surface area contributed by atoms with E-state index >= 15 is 0 Å². The summed E-state index contributed by atoms with van der Waals surface area (Å²) in [5.41, 5.74) is 1.90. The maximum Gasteiger partial charge on any atom is 0.264 e. The van der Waals surface area contributed by atoms with Crippen molar-refractivity contribution in [2.45, 2.75) is 19.8 Å². The minimum atomic E-state index is -0.0965. The molecule has 1 N–H and O–H groups in total. The Balaban J connectivity index is 1.86. The molecule has 0 fully saturated rings. The van der Waals surface area contributed by atoms with Gasteiger partial charge in [0.25, 0.3) is 5.91 Å². The summed E-state index contributed by atoms with van der Waals surface area (Å²) in [5, 5.41) is 7.52. The van der Waals surface area contributed by atoms with Gasteiger partial charge in [-0.3, -0.25) is 4.79 Å². The summed E-state index contributed by atoms with van der Waals surface area (Å²) in [5.74, 6) is -0.0965. The zero-order chi connectivity index (χ0) is 13.7. The molecule has 4 nitrogen and oxygen atoms in total. The number of amides is 1. The molecule has 1 amide bonds. The van der Waals surface area contributed by atoms with Crippen molar-refractivity contribution < 1.29 is 4.79 Å². The Labute approximate surface area is 121 Å². The third-order valence-electron chi connectivity index (χ3n) is 2.71. The number of halogens is 1. The van der Waals surface area contributed by atoms with Gasteiger partial charge in [-0.25, -0.2) is 0 Å². The van der Waals surface area contributed by atoms with Gasteiger partial charge in [0.15, 0.2) is 0 Å². The van der Waals surface area contributed by atoms with Crippen molar-refractivity contribution in [1.82, 2.24) is 14.9 Å². The van der Waals surface area contributed by atoms with Crippen LogP contribution in [0.4, 0.5) is 0 Å². The molecule has 0 bridgehead atoms. The van der Waals surface area contributed by atoms with Crippen LogP contribution >= 0.6 is 23.1 Å².